The highest BCUT2D eigenvalue weighted by Crippen LogP contribution is 2.46. The summed E-state index contributed by atoms with van der Waals surface area (Å²) in [6.07, 6.45) is 4.75. The zero-order chi connectivity index (χ0) is 11.2. The van der Waals surface area contributed by atoms with Gasteiger partial charge in [-0.2, -0.15) is 0 Å². The Hall–Kier alpha value is -1.77. The molecule has 2 fully saturated rings. The molecule has 2 heterocycles. The number of hydrogen-bond acceptors (Lipinski definition) is 3. The molecule has 1 aromatic heterocycles. The van der Waals surface area contributed by atoms with Crippen molar-refractivity contribution in [3.8, 4) is 11.5 Å². The molecule has 0 radical (unpaired) electrons. The minimum atomic E-state index is 0.705. The van der Waals surface area contributed by atoms with Gasteiger partial charge in [-0.25, -0.2) is 4.98 Å². The van der Waals surface area contributed by atoms with Gasteiger partial charge in [-0.15, -0.1) is 0 Å². The van der Waals surface area contributed by atoms with Crippen molar-refractivity contribution in [2.45, 2.75) is 6.42 Å². The Bertz CT molecular complexity index is 525. The number of nitrogens with zero attached hydrogens (tertiary/aromatic N) is 2. The first-order chi connectivity index (χ1) is 8.40. The number of rotatable bonds is 2. The maximum atomic E-state index is 5.34. The second-order valence-electron chi connectivity index (χ2n) is 5.05. The highest BCUT2D eigenvalue weighted by Gasteiger charge is 2.45. The number of aromatic nitrogens is 1. The van der Waals surface area contributed by atoms with Crippen LogP contribution in [0.15, 0.2) is 41.1 Å². The molecule has 0 bridgehead atoms. The number of piperidine rings is 1. The maximum absolute atomic E-state index is 5.34. The predicted molar refractivity (Wildman–Crippen MR) is 65.7 cm³/mol. The van der Waals surface area contributed by atoms with Gasteiger partial charge in [0.2, 0.25) is 5.89 Å². The van der Waals surface area contributed by atoms with E-state index in [0.29, 0.717) is 5.89 Å². The van der Waals surface area contributed by atoms with Crippen molar-refractivity contribution in [3.63, 3.8) is 0 Å². The van der Waals surface area contributed by atoms with Gasteiger partial charge in [-0.3, -0.25) is 0 Å². The monoisotopic (exact) mass is 226 g/mol. The van der Waals surface area contributed by atoms with E-state index in [1.54, 1.807) is 12.5 Å². The molecule has 0 unspecified atom stereocenters. The highest BCUT2D eigenvalue weighted by molar-refractivity contribution is 5.62. The fourth-order valence-corrected chi connectivity index (χ4v) is 2.81. The molecule has 1 saturated carbocycles. The van der Waals surface area contributed by atoms with E-state index in [1.165, 1.54) is 25.2 Å². The smallest absolute Gasteiger partial charge is 0.225 e. The van der Waals surface area contributed by atoms with Gasteiger partial charge in [-0.1, -0.05) is 6.07 Å². The van der Waals surface area contributed by atoms with Crippen molar-refractivity contribution in [1.82, 2.24) is 4.98 Å². The van der Waals surface area contributed by atoms with Gasteiger partial charge in [0.15, 0.2) is 0 Å². The fourth-order valence-electron chi connectivity index (χ4n) is 2.81. The van der Waals surface area contributed by atoms with Crippen LogP contribution in [0.5, 0.6) is 0 Å². The second-order valence-corrected chi connectivity index (χ2v) is 5.05. The van der Waals surface area contributed by atoms with E-state index in [2.05, 4.69) is 28.1 Å². The van der Waals surface area contributed by atoms with E-state index in [-0.39, 0.29) is 0 Å². The van der Waals surface area contributed by atoms with Crippen LogP contribution >= 0.6 is 0 Å². The van der Waals surface area contributed by atoms with Crippen molar-refractivity contribution < 1.29 is 4.42 Å². The molecule has 1 saturated heterocycles. The molecule has 2 aromatic rings. The Morgan fingerprint density at radius 1 is 1.24 bits per heavy atom. The van der Waals surface area contributed by atoms with Crippen LogP contribution in [0, 0.1) is 11.8 Å². The summed E-state index contributed by atoms with van der Waals surface area (Å²) >= 11 is 0. The predicted octanol–water partition coefficient (Wildman–Crippen LogP) is 2.80. The molecule has 2 aliphatic rings. The molecule has 0 spiro atoms. The summed E-state index contributed by atoms with van der Waals surface area (Å²) in [6, 6.07) is 8.48. The standard InChI is InChI=1S/C14H14N2O/c1-2-10(14-15-4-5-17-14)7-13(3-1)16-8-11-6-12(11)9-16/h1-5,7,11-12H,6,8-9H2/t11-,12+. The van der Waals surface area contributed by atoms with E-state index in [9.17, 15) is 0 Å². The zero-order valence-corrected chi connectivity index (χ0v) is 9.54. The quantitative estimate of drug-likeness (QED) is 0.788. The summed E-state index contributed by atoms with van der Waals surface area (Å²) in [5.41, 5.74) is 2.36. The minimum Gasteiger partial charge on any atom is -0.445 e. The van der Waals surface area contributed by atoms with Crippen LogP contribution in [0.25, 0.3) is 11.5 Å². The van der Waals surface area contributed by atoms with E-state index in [0.717, 1.165) is 17.4 Å². The molecule has 0 amide bonds. The van der Waals surface area contributed by atoms with Gasteiger partial charge in [0, 0.05) is 24.3 Å². The Kier molecular flexibility index (Phi) is 1.83. The van der Waals surface area contributed by atoms with Crippen molar-refractivity contribution in [2.24, 2.45) is 11.8 Å². The third-order valence-corrected chi connectivity index (χ3v) is 3.87. The lowest BCUT2D eigenvalue weighted by atomic mass is 10.2. The lowest BCUT2D eigenvalue weighted by molar-refractivity contribution is 0.574. The third-order valence-electron chi connectivity index (χ3n) is 3.87. The number of benzene rings is 1. The molecule has 1 aliphatic heterocycles. The molecule has 3 heteroatoms. The molecular formula is C14H14N2O. The normalized spacial score (nSPS) is 26.0. The first kappa shape index (κ1) is 9.28. The Morgan fingerprint density at radius 3 is 2.88 bits per heavy atom. The first-order valence-electron chi connectivity index (χ1n) is 6.15. The van der Waals surface area contributed by atoms with Gasteiger partial charge in [0.1, 0.15) is 6.26 Å². The van der Waals surface area contributed by atoms with Crippen LogP contribution in [-0.4, -0.2) is 18.1 Å². The van der Waals surface area contributed by atoms with E-state index in [4.69, 9.17) is 4.42 Å². The van der Waals surface area contributed by atoms with Crippen LogP contribution in [0.4, 0.5) is 5.69 Å². The molecule has 3 nitrogen and oxygen atoms in total. The van der Waals surface area contributed by atoms with Crippen molar-refractivity contribution in [3.05, 3.63) is 36.7 Å². The summed E-state index contributed by atoms with van der Waals surface area (Å²) < 4.78 is 5.34. The zero-order valence-electron chi connectivity index (χ0n) is 9.54. The molecule has 1 aliphatic carbocycles. The number of fused-ring (bicyclic) bond motifs is 1. The molecule has 2 atom stereocenters. The summed E-state index contributed by atoms with van der Waals surface area (Å²) in [7, 11) is 0. The topological polar surface area (TPSA) is 29.3 Å². The van der Waals surface area contributed by atoms with Crippen LogP contribution in [0.3, 0.4) is 0 Å². The largest absolute Gasteiger partial charge is 0.445 e. The van der Waals surface area contributed by atoms with Crippen molar-refractivity contribution in [2.75, 3.05) is 18.0 Å². The van der Waals surface area contributed by atoms with Gasteiger partial charge in [0.05, 0.1) is 6.20 Å². The second kappa shape index (κ2) is 3.36. The molecule has 4 rings (SSSR count). The lowest BCUT2D eigenvalue weighted by Crippen LogP contribution is -2.21. The van der Waals surface area contributed by atoms with Gasteiger partial charge < -0.3 is 9.32 Å². The molecule has 86 valence electrons. The Balaban J connectivity index is 1.66. The van der Waals surface area contributed by atoms with Crippen LogP contribution < -0.4 is 4.90 Å². The van der Waals surface area contributed by atoms with Crippen LogP contribution in [0.1, 0.15) is 6.42 Å². The van der Waals surface area contributed by atoms with Crippen LogP contribution in [0.2, 0.25) is 0 Å². The van der Waals surface area contributed by atoms with E-state index < -0.39 is 0 Å². The van der Waals surface area contributed by atoms with Crippen molar-refractivity contribution >= 4 is 5.69 Å². The number of anilines is 1. The molecule has 1 aromatic carbocycles. The van der Waals surface area contributed by atoms with Gasteiger partial charge >= 0.3 is 0 Å². The molecular weight excluding hydrogens is 212 g/mol. The fraction of sp³-hybridized carbons (Fsp3) is 0.357. The summed E-state index contributed by atoms with van der Waals surface area (Å²) in [5.74, 6) is 2.62. The van der Waals surface area contributed by atoms with Crippen molar-refractivity contribution in [1.29, 1.82) is 0 Å². The lowest BCUT2D eigenvalue weighted by Gasteiger charge is -2.20. The minimum absolute atomic E-state index is 0.705. The Morgan fingerprint density at radius 2 is 2.12 bits per heavy atom. The number of hydrogen-bond donors (Lipinski definition) is 0. The average molecular weight is 226 g/mol. The third kappa shape index (κ3) is 1.54. The summed E-state index contributed by atoms with van der Waals surface area (Å²) in [6.45, 7) is 2.44. The van der Waals surface area contributed by atoms with E-state index in [1.807, 2.05) is 6.07 Å². The van der Waals surface area contributed by atoms with Gasteiger partial charge in [-0.05, 0) is 36.5 Å². The van der Waals surface area contributed by atoms with Gasteiger partial charge in [0.25, 0.3) is 0 Å². The Labute approximate surface area is 100 Å². The van der Waals surface area contributed by atoms with Crippen LogP contribution in [-0.2, 0) is 0 Å². The summed E-state index contributed by atoms with van der Waals surface area (Å²) in [5, 5.41) is 0. The SMILES string of the molecule is c1cc(-c2ncco2)cc(N2C[C@H]3C[C@H]3C2)c1. The first-order valence-corrected chi connectivity index (χ1v) is 6.15. The molecule has 17 heavy (non-hydrogen) atoms. The van der Waals surface area contributed by atoms with E-state index >= 15 is 0 Å². The maximum Gasteiger partial charge on any atom is 0.225 e. The highest BCUT2D eigenvalue weighted by atomic mass is 16.3. The summed E-state index contributed by atoms with van der Waals surface area (Å²) in [4.78, 5) is 6.67. The number of oxazole rings is 1. The average Bonchev–Trinajstić information content (AvgIpc) is 2.86. The molecule has 0 N–H and O–H groups in total.